The van der Waals surface area contributed by atoms with Gasteiger partial charge < -0.3 is 9.97 Å². The molecule has 0 aliphatic rings. The molecule has 0 bridgehead atoms. The van der Waals surface area contributed by atoms with Crippen LogP contribution in [0, 0.1) is 0 Å². The largest absolute Gasteiger partial charge is 0.368 e. The molecule has 0 atom stereocenters. The summed E-state index contributed by atoms with van der Waals surface area (Å²) in [5.74, 6) is 0. The van der Waals surface area contributed by atoms with Crippen molar-refractivity contribution in [2.45, 2.75) is 0 Å². The van der Waals surface area contributed by atoms with Crippen LogP contribution in [0.3, 0.4) is 0 Å². The summed E-state index contributed by atoms with van der Waals surface area (Å²) in [4.78, 5) is 5.72. The van der Waals surface area contributed by atoms with Crippen LogP contribution in [0.5, 0.6) is 0 Å². The zero-order valence-electron chi connectivity index (χ0n) is 9.08. The van der Waals surface area contributed by atoms with Crippen molar-refractivity contribution in [1.29, 1.82) is 0 Å². The Hall–Kier alpha value is -2.22. The van der Waals surface area contributed by atoms with Gasteiger partial charge in [0.05, 0.1) is 0 Å². The summed E-state index contributed by atoms with van der Waals surface area (Å²) in [5.41, 5.74) is 0. The Morgan fingerprint density at radius 3 is 0.688 bits per heavy atom. The molecule has 2 heterocycles. The lowest BCUT2D eigenvalue weighted by Gasteiger charge is -1.69. The average molecular weight is 212 g/mol. The van der Waals surface area contributed by atoms with Gasteiger partial charge >= 0.3 is 0 Å². The number of aromatic amines is 2. The Morgan fingerprint density at radius 1 is 0.312 bits per heavy atom. The van der Waals surface area contributed by atoms with Crippen molar-refractivity contribution in [2.24, 2.45) is 0 Å². The molecule has 3 rings (SSSR count). The fourth-order valence-corrected chi connectivity index (χ4v) is 0.940. The van der Waals surface area contributed by atoms with Gasteiger partial charge in [-0.25, -0.2) is 0 Å². The highest BCUT2D eigenvalue weighted by molar-refractivity contribution is 4.99. The van der Waals surface area contributed by atoms with Crippen molar-refractivity contribution < 1.29 is 0 Å². The van der Waals surface area contributed by atoms with E-state index in [1.165, 1.54) is 0 Å². The van der Waals surface area contributed by atoms with Crippen LogP contribution < -0.4 is 0 Å². The molecule has 0 saturated carbocycles. The number of hydrogen-bond acceptors (Lipinski definition) is 0. The van der Waals surface area contributed by atoms with E-state index in [1.54, 1.807) is 0 Å². The topological polar surface area (TPSA) is 31.6 Å². The van der Waals surface area contributed by atoms with Gasteiger partial charge in [0.2, 0.25) is 0 Å². The first kappa shape index (κ1) is 11.9. The maximum absolute atomic E-state index is 2.86. The zero-order chi connectivity index (χ0) is 11.3. The Labute approximate surface area is 96.0 Å². The highest BCUT2D eigenvalue weighted by Gasteiger charge is 1.58. The number of benzene rings is 1. The first-order valence-electron chi connectivity index (χ1n) is 5.15. The second kappa shape index (κ2) is 9.34. The highest BCUT2D eigenvalue weighted by atomic mass is 14.6. The molecule has 0 unspecified atom stereocenters. The fourth-order valence-electron chi connectivity index (χ4n) is 0.940. The predicted octanol–water partition coefficient (Wildman–Crippen LogP) is 3.72. The van der Waals surface area contributed by atoms with E-state index in [0.717, 1.165) is 0 Å². The summed E-state index contributed by atoms with van der Waals surface area (Å²) < 4.78 is 0. The van der Waals surface area contributed by atoms with Crippen LogP contribution >= 0.6 is 0 Å². The van der Waals surface area contributed by atoms with Crippen LogP contribution in [0.15, 0.2) is 85.5 Å². The van der Waals surface area contributed by atoms with Gasteiger partial charge in [-0.3, -0.25) is 0 Å². The summed E-state index contributed by atoms with van der Waals surface area (Å²) in [5, 5.41) is 0. The molecule has 0 spiro atoms. The molecular formula is C14H16N2. The first-order valence-corrected chi connectivity index (χ1v) is 5.15. The molecule has 82 valence electrons. The van der Waals surface area contributed by atoms with Crippen molar-refractivity contribution in [3.05, 3.63) is 85.5 Å². The molecule has 16 heavy (non-hydrogen) atoms. The molecule has 0 fully saturated rings. The Kier molecular flexibility index (Phi) is 6.92. The van der Waals surface area contributed by atoms with E-state index in [9.17, 15) is 0 Å². The summed E-state index contributed by atoms with van der Waals surface area (Å²) in [6, 6.07) is 19.8. The van der Waals surface area contributed by atoms with Crippen LogP contribution in [0.4, 0.5) is 0 Å². The average Bonchev–Trinajstić information content (AvgIpc) is 3.10. The minimum Gasteiger partial charge on any atom is -0.368 e. The Balaban J connectivity index is 0.000000121. The number of hydrogen-bond donors (Lipinski definition) is 2. The molecule has 2 aromatic heterocycles. The second-order valence-electron chi connectivity index (χ2n) is 2.92. The maximum Gasteiger partial charge on any atom is 0.000496 e. The summed E-state index contributed by atoms with van der Waals surface area (Å²) in [6.07, 6.45) is 7.50. The minimum absolute atomic E-state index is 1.88. The van der Waals surface area contributed by atoms with E-state index in [4.69, 9.17) is 0 Å². The number of nitrogens with one attached hydrogen (secondary N) is 2. The normalized spacial score (nSPS) is 8.00. The van der Waals surface area contributed by atoms with Crippen LogP contribution in [0.1, 0.15) is 0 Å². The lowest BCUT2D eigenvalue weighted by molar-refractivity contribution is 1.41. The summed E-state index contributed by atoms with van der Waals surface area (Å²) in [6.45, 7) is 0. The molecule has 2 N–H and O–H groups in total. The predicted molar refractivity (Wildman–Crippen MR) is 68.0 cm³/mol. The van der Waals surface area contributed by atoms with Gasteiger partial charge in [0.25, 0.3) is 0 Å². The molecule has 0 amide bonds. The molecule has 0 aliphatic carbocycles. The van der Waals surface area contributed by atoms with Gasteiger partial charge in [0.15, 0.2) is 0 Å². The van der Waals surface area contributed by atoms with Gasteiger partial charge in [-0.1, -0.05) is 36.4 Å². The monoisotopic (exact) mass is 212 g/mol. The molecule has 0 radical (unpaired) electrons. The van der Waals surface area contributed by atoms with E-state index < -0.39 is 0 Å². The van der Waals surface area contributed by atoms with Gasteiger partial charge in [-0.05, 0) is 24.3 Å². The number of H-pyrrole nitrogens is 2. The van der Waals surface area contributed by atoms with Crippen molar-refractivity contribution in [2.75, 3.05) is 0 Å². The second-order valence-corrected chi connectivity index (χ2v) is 2.92. The smallest absolute Gasteiger partial charge is 0.000496 e. The third-order valence-corrected chi connectivity index (χ3v) is 1.66. The molecule has 2 nitrogen and oxygen atoms in total. The van der Waals surface area contributed by atoms with E-state index >= 15 is 0 Å². The molecule has 1 aromatic carbocycles. The Morgan fingerprint density at radius 2 is 0.562 bits per heavy atom. The lowest BCUT2D eigenvalue weighted by Crippen LogP contribution is -1.47. The number of aromatic nitrogens is 2. The van der Waals surface area contributed by atoms with Crippen molar-refractivity contribution in [3.63, 3.8) is 0 Å². The summed E-state index contributed by atoms with van der Waals surface area (Å²) in [7, 11) is 0. The van der Waals surface area contributed by atoms with Gasteiger partial charge in [-0.2, -0.15) is 0 Å². The Bertz CT molecular complexity index is 300. The third-order valence-electron chi connectivity index (χ3n) is 1.66. The van der Waals surface area contributed by atoms with Crippen molar-refractivity contribution in [1.82, 2.24) is 9.97 Å². The molecule has 0 saturated heterocycles. The fraction of sp³-hybridized carbons (Fsp3) is 0. The summed E-state index contributed by atoms with van der Waals surface area (Å²) >= 11 is 0. The molecule has 0 aliphatic heterocycles. The van der Waals surface area contributed by atoms with Gasteiger partial charge in [0.1, 0.15) is 0 Å². The molecular weight excluding hydrogens is 196 g/mol. The van der Waals surface area contributed by atoms with E-state index in [-0.39, 0.29) is 0 Å². The van der Waals surface area contributed by atoms with Crippen LogP contribution in [0.2, 0.25) is 0 Å². The zero-order valence-corrected chi connectivity index (χ0v) is 9.08. The first-order chi connectivity index (χ1) is 8.00. The van der Waals surface area contributed by atoms with Crippen molar-refractivity contribution >= 4 is 0 Å². The highest BCUT2D eigenvalue weighted by Crippen LogP contribution is 1.79. The van der Waals surface area contributed by atoms with Crippen LogP contribution in [-0.2, 0) is 0 Å². The third kappa shape index (κ3) is 7.21. The van der Waals surface area contributed by atoms with Crippen molar-refractivity contribution in [3.8, 4) is 0 Å². The standard InChI is InChI=1S/C6H6.2C4H5N/c1-2-4-6-5-3-1;2*1-2-4-5-3-1/h1-6H;2*1-5H. The SMILES string of the molecule is c1cc[nH]c1.c1cc[nH]c1.c1ccccc1. The minimum atomic E-state index is 1.88. The lowest BCUT2D eigenvalue weighted by atomic mass is 10.4. The van der Waals surface area contributed by atoms with Crippen LogP contribution in [0.25, 0.3) is 0 Å². The van der Waals surface area contributed by atoms with E-state index in [0.29, 0.717) is 0 Å². The van der Waals surface area contributed by atoms with E-state index in [1.807, 2.05) is 85.5 Å². The van der Waals surface area contributed by atoms with E-state index in [2.05, 4.69) is 9.97 Å². The van der Waals surface area contributed by atoms with Crippen LogP contribution in [-0.4, -0.2) is 9.97 Å². The molecule has 2 heteroatoms. The molecule has 3 aromatic rings. The number of rotatable bonds is 0. The van der Waals surface area contributed by atoms with Gasteiger partial charge in [-0.15, -0.1) is 0 Å². The quantitative estimate of drug-likeness (QED) is 0.569. The van der Waals surface area contributed by atoms with Gasteiger partial charge in [0, 0.05) is 24.8 Å². The maximum atomic E-state index is 2.86.